The minimum absolute atomic E-state index is 0.0186. The molecule has 5 atom stereocenters. The molecule has 0 amide bonds. The first-order chi connectivity index (χ1) is 14.9. The summed E-state index contributed by atoms with van der Waals surface area (Å²) in [4.78, 5) is 0. The molecule has 4 N–H and O–H groups in total. The molecule has 1 aliphatic heterocycles. The molecule has 5 nitrogen and oxygen atoms in total. The van der Waals surface area contributed by atoms with E-state index < -0.39 is 29.7 Å². The molecule has 1 saturated heterocycles. The van der Waals surface area contributed by atoms with Crippen molar-refractivity contribution in [2.45, 2.75) is 49.0 Å². The third-order valence-electron chi connectivity index (χ3n) is 6.17. The van der Waals surface area contributed by atoms with Gasteiger partial charge < -0.3 is 25.2 Å². The lowest BCUT2D eigenvalue weighted by atomic mass is 9.71. The molecule has 0 saturated carbocycles. The Balaban J connectivity index is 1.69. The monoisotopic (exact) mass is 420 g/mol. The zero-order valence-electron chi connectivity index (χ0n) is 17.2. The maximum absolute atomic E-state index is 11.9. The SMILES string of the molecule is OC(Cc1ccccc1)[C@H]1O[C@@H](O)[C@@](O)(Cc2ccccc2)[C@@]1(O)Cc1ccccc1. The Kier molecular flexibility index (Phi) is 6.23. The van der Waals surface area contributed by atoms with Crippen LogP contribution in [-0.2, 0) is 24.0 Å². The van der Waals surface area contributed by atoms with Crippen LogP contribution in [0.25, 0.3) is 0 Å². The molecule has 1 unspecified atom stereocenters. The summed E-state index contributed by atoms with van der Waals surface area (Å²) < 4.78 is 5.68. The third-order valence-corrected chi connectivity index (χ3v) is 6.17. The second-order valence-corrected chi connectivity index (χ2v) is 8.34. The average Bonchev–Trinajstić information content (AvgIpc) is 2.96. The molecular weight excluding hydrogens is 392 g/mol. The zero-order chi connectivity index (χ0) is 21.9. The van der Waals surface area contributed by atoms with Gasteiger partial charge in [0.1, 0.15) is 11.7 Å². The van der Waals surface area contributed by atoms with Crippen LogP contribution in [0.1, 0.15) is 16.7 Å². The van der Waals surface area contributed by atoms with Gasteiger partial charge in [-0.2, -0.15) is 0 Å². The van der Waals surface area contributed by atoms with Gasteiger partial charge in [0.15, 0.2) is 11.9 Å². The van der Waals surface area contributed by atoms with Crippen molar-refractivity contribution in [3.63, 3.8) is 0 Å². The number of rotatable bonds is 7. The van der Waals surface area contributed by atoms with Crippen LogP contribution < -0.4 is 0 Å². The van der Waals surface area contributed by atoms with Gasteiger partial charge in [0.25, 0.3) is 0 Å². The number of aliphatic hydroxyl groups excluding tert-OH is 2. The van der Waals surface area contributed by atoms with Gasteiger partial charge in [-0.15, -0.1) is 0 Å². The van der Waals surface area contributed by atoms with Gasteiger partial charge in [-0.05, 0) is 16.7 Å². The molecule has 0 bridgehead atoms. The third kappa shape index (κ3) is 4.28. The predicted octanol–water partition coefficient (Wildman–Crippen LogP) is 2.25. The highest BCUT2D eigenvalue weighted by Gasteiger charge is 2.66. The van der Waals surface area contributed by atoms with Crippen LogP contribution in [0.3, 0.4) is 0 Å². The van der Waals surface area contributed by atoms with Crippen LogP contribution in [-0.4, -0.2) is 50.1 Å². The number of benzene rings is 3. The van der Waals surface area contributed by atoms with E-state index in [0.717, 1.165) is 16.7 Å². The minimum Gasteiger partial charge on any atom is -0.390 e. The fraction of sp³-hybridized carbons (Fsp3) is 0.308. The molecular formula is C26H28O5. The summed E-state index contributed by atoms with van der Waals surface area (Å²) in [7, 11) is 0. The molecule has 162 valence electrons. The van der Waals surface area contributed by atoms with Gasteiger partial charge in [-0.1, -0.05) is 91.0 Å². The van der Waals surface area contributed by atoms with E-state index in [-0.39, 0.29) is 19.3 Å². The Hall–Kier alpha value is -2.54. The van der Waals surface area contributed by atoms with Gasteiger partial charge in [0, 0.05) is 19.3 Å². The maximum atomic E-state index is 11.9. The Bertz CT molecular complexity index is 965. The molecule has 4 rings (SSSR count). The number of hydrogen-bond acceptors (Lipinski definition) is 5. The normalized spacial score (nSPS) is 29.0. The number of ether oxygens (including phenoxy) is 1. The first-order valence-electron chi connectivity index (χ1n) is 10.5. The lowest BCUT2D eigenvalue weighted by Gasteiger charge is -2.41. The fourth-order valence-electron chi connectivity index (χ4n) is 4.50. The lowest BCUT2D eigenvalue weighted by molar-refractivity contribution is -0.192. The summed E-state index contributed by atoms with van der Waals surface area (Å²) in [5.74, 6) is 0. The van der Waals surface area contributed by atoms with Crippen molar-refractivity contribution in [3.05, 3.63) is 108 Å². The van der Waals surface area contributed by atoms with Crippen LogP contribution in [0.2, 0.25) is 0 Å². The second-order valence-electron chi connectivity index (χ2n) is 8.34. The second kappa shape index (κ2) is 8.91. The number of aliphatic hydroxyl groups is 4. The highest BCUT2D eigenvalue weighted by Crippen LogP contribution is 2.45. The smallest absolute Gasteiger partial charge is 0.187 e. The van der Waals surface area contributed by atoms with Crippen LogP contribution in [0.4, 0.5) is 0 Å². The van der Waals surface area contributed by atoms with Crippen molar-refractivity contribution in [2.75, 3.05) is 0 Å². The molecule has 0 spiro atoms. The molecule has 1 aliphatic rings. The van der Waals surface area contributed by atoms with E-state index in [1.165, 1.54) is 0 Å². The summed E-state index contributed by atoms with van der Waals surface area (Å²) in [6.07, 6.45) is -3.75. The Morgan fingerprint density at radius 1 is 0.677 bits per heavy atom. The topological polar surface area (TPSA) is 90.2 Å². The summed E-state index contributed by atoms with van der Waals surface area (Å²) >= 11 is 0. The summed E-state index contributed by atoms with van der Waals surface area (Å²) in [5.41, 5.74) is -1.54. The van der Waals surface area contributed by atoms with Crippen molar-refractivity contribution < 1.29 is 25.2 Å². The van der Waals surface area contributed by atoms with E-state index in [1.54, 1.807) is 0 Å². The number of hydrogen-bond donors (Lipinski definition) is 4. The molecule has 31 heavy (non-hydrogen) atoms. The van der Waals surface area contributed by atoms with Crippen LogP contribution in [0, 0.1) is 0 Å². The maximum Gasteiger partial charge on any atom is 0.187 e. The average molecular weight is 421 g/mol. The highest BCUT2D eigenvalue weighted by molar-refractivity contribution is 5.28. The van der Waals surface area contributed by atoms with E-state index in [9.17, 15) is 20.4 Å². The molecule has 3 aromatic carbocycles. The van der Waals surface area contributed by atoms with Crippen molar-refractivity contribution in [3.8, 4) is 0 Å². The summed E-state index contributed by atoms with van der Waals surface area (Å²) in [5, 5.41) is 45.3. The van der Waals surface area contributed by atoms with Crippen LogP contribution >= 0.6 is 0 Å². The Labute approximate surface area is 182 Å². The quantitative estimate of drug-likeness (QED) is 0.471. The van der Waals surface area contributed by atoms with E-state index in [1.807, 2.05) is 91.0 Å². The van der Waals surface area contributed by atoms with Crippen molar-refractivity contribution in [1.29, 1.82) is 0 Å². The summed E-state index contributed by atoms with van der Waals surface area (Å²) in [6.45, 7) is 0. The standard InChI is InChI=1S/C26H28O5/c27-22(16-19-10-4-1-5-11-19)23-25(29,17-20-12-6-2-7-13-20)26(30,24(28)31-23)18-21-14-8-3-9-15-21/h1-15,22-24,27-30H,16-18H2/t22?,23-,24-,25-,26+/m1/s1. The van der Waals surface area contributed by atoms with Gasteiger partial charge >= 0.3 is 0 Å². The molecule has 5 heteroatoms. The first-order valence-corrected chi connectivity index (χ1v) is 10.5. The van der Waals surface area contributed by atoms with E-state index in [2.05, 4.69) is 0 Å². The van der Waals surface area contributed by atoms with E-state index in [4.69, 9.17) is 4.74 Å². The molecule has 3 aromatic rings. The van der Waals surface area contributed by atoms with Crippen molar-refractivity contribution in [1.82, 2.24) is 0 Å². The molecule has 1 heterocycles. The van der Waals surface area contributed by atoms with Crippen LogP contribution in [0.15, 0.2) is 91.0 Å². The van der Waals surface area contributed by atoms with Crippen molar-refractivity contribution >= 4 is 0 Å². The van der Waals surface area contributed by atoms with Gasteiger partial charge in [-0.25, -0.2) is 0 Å². The van der Waals surface area contributed by atoms with Crippen LogP contribution in [0.5, 0.6) is 0 Å². The molecule has 0 aromatic heterocycles. The van der Waals surface area contributed by atoms with Crippen molar-refractivity contribution in [2.24, 2.45) is 0 Å². The minimum atomic E-state index is -2.01. The largest absolute Gasteiger partial charge is 0.390 e. The Morgan fingerprint density at radius 3 is 1.58 bits per heavy atom. The first kappa shape index (κ1) is 21.7. The predicted molar refractivity (Wildman–Crippen MR) is 117 cm³/mol. The van der Waals surface area contributed by atoms with Gasteiger partial charge in [0.2, 0.25) is 0 Å². The lowest BCUT2D eigenvalue weighted by Crippen LogP contribution is -2.63. The van der Waals surface area contributed by atoms with Gasteiger partial charge in [-0.3, -0.25) is 0 Å². The molecule has 1 fully saturated rings. The highest BCUT2D eigenvalue weighted by atomic mass is 16.7. The zero-order valence-corrected chi connectivity index (χ0v) is 17.2. The Morgan fingerprint density at radius 2 is 1.10 bits per heavy atom. The summed E-state index contributed by atoms with van der Waals surface area (Å²) in [6, 6.07) is 27.8. The fourth-order valence-corrected chi connectivity index (χ4v) is 4.50. The van der Waals surface area contributed by atoms with Gasteiger partial charge in [0.05, 0.1) is 6.10 Å². The van der Waals surface area contributed by atoms with E-state index in [0.29, 0.717) is 0 Å². The molecule has 0 aliphatic carbocycles. The molecule has 0 radical (unpaired) electrons. The van der Waals surface area contributed by atoms with E-state index >= 15 is 0 Å².